The lowest BCUT2D eigenvalue weighted by Crippen LogP contribution is -2.05. The Morgan fingerprint density at radius 2 is 1.15 bits per heavy atom. The first kappa shape index (κ1) is 19.5. The average molecular weight is 282 g/mol. The molecule has 0 atom stereocenters. The summed E-state index contributed by atoms with van der Waals surface area (Å²) in [7, 11) is 0. The number of ether oxygens (including phenoxy) is 2. The highest BCUT2D eigenvalue weighted by molar-refractivity contribution is 4.82. The number of rotatable bonds is 16. The van der Waals surface area contributed by atoms with Crippen molar-refractivity contribution in [2.24, 2.45) is 0 Å². The van der Waals surface area contributed by atoms with Gasteiger partial charge in [0.25, 0.3) is 0 Å². The summed E-state index contributed by atoms with van der Waals surface area (Å²) in [5, 5.41) is 0. The van der Waals surface area contributed by atoms with Crippen molar-refractivity contribution in [3.63, 3.8) is 0 Å². The maximum Gasteiger partial charge on any atom is 0.107 e. The maximum atomic E-state index is 5.47. The molecule has 0 heterocycles. The van der Waals surface area contributed by atoms with Crippen LogP contribution in [0.4, 0.5) is 0 Å². The maximum absolute atomic E-state index is 5.47. The molecule has 0 amide bonds. The molecular weight excluding hydrogens is 248 g/mol. The van der Waals surface area contributed by atoms with Crippen LogP contribution in [0.5, 0.6) is 0 Å². The first-order valence-corrected chi connectivity index (χ1v) is 8.50. The SMILES string of the molecule is C#CCOCCOCCCCCCCCCCCCC. The number of hydrogen-bond donors (Lipinski definition) is 0. The van der Waals surface area contributed by atoms with Crippen molar-refractivity contribution < 1.29 is 9.47 Å². The van der Waals surface area contributed by atoms with Crippen LogP contribution in [0.3, 0.4) is 0 Å². The van der Waals surface area contributed by atoms with E-state index >= 15 is 0 Å². The molecule has 0 aromatic carbocycles. The highest BCUT2D eigenvalue weighted by Gasteiger charge is 1.93. The predicted molar refractivity (Wildman–Crippen MR) is 86.9 cm³/mol. The van der Waals surface area contributed by atoms with E-state index < -0.39 is 0 Å². The van der Waals surface area contributed by atoms with Crippen LogP contribution < -0.4 is 0 Å². The van der Waals surface area contributed by atoms with Gasteiger partial charge in [-0.2, -0.15) is 0 Å². The van der Waals surface area contributed by atoms with Crippen molar-refractivity contribution in [1.82, 2.24) is 0 Å². The molecule has 0 spiro atoms. The summed E-state index contributed by atoms with van der Waals surface area (Å²) in [6, 6.07) is 0. The Morgan fingerprint density at radius 1 is 0.650 bits per heavy atom. The second-order valence-corrected chi connectivity index (χ2v) is 5.40. The molecular formula is C18H34O2. The van der Waals surface area contributed by atoms with E-state index in [1.54, 1.807) is 0 Å². The first-order chi connectivity index (χ1) is 9.91. The first-order valence-electron chi connectivity index (χ1n) is 8.50. The van der Waals surface area contributed by atoms with Gasteiger partial charge < -0.3 is 9.47 Å². The van der Waals surface area contributed by atoms with E-state index in [0.29, 0.717) is 19.8 Å². The Balaban J connectivity index is 2.91. The number of terminal acetylenes is 1. The molecule has 0 saturated heterocycles. The molecule has 0 unspecified atom stereocenters. The molecule has 0 aromatic rings. The minimum absolute atomic E-state index is 0.391. The number of hydrogen-bond acceptors (Lipinski definition) is 2. The predicted octanol–water partition coefficient (Wildman–Crippen LogP) is 4.96. The Morgan fingerprint density at radius 3 is 1.70 bits per heavy atom. The molecule has 0 fully saturated rings. The average Bonchev–Trinajstić information content (AvgIpc) is 2.47. The van der Waals surface area contributed by atoms with Gasteiger partial charge in [-0.05, 0) is 6.42 Å². The molecule has 118 valence electrons. The Kier molecular flexibility index (Phi) is 18.0. The van der Waals surface area contributed by atoms with Gasteiger partial charge in [0.15, 0.2) is 0 Å². The van der Waals surface area contributed by atoms with Gasteiger partial charge in [0.1, 0.15) is 6.61 Å². The van der Waals surface area contributed by atoms with Crippen LogP contribution in [0.15, 0.2) is 0 Å². The van der Waals surface area contributed by atoms with Gasteiger partial charge in [0.05, 0.1) is 13.2 Å². The molecule has 2 heteroatoms. The number of unbranched alkanes of at least 4 members (excludes halogenated alkanes) is 10. The zero-order valence-corrected chi connectivity index (χ0v) is 13.5. The van der Waals surface area contributed by atoms with Gasteiger partial charge in [0.2, 0.25) is 0 Å². The van der Waals surface area contributed by atoms with E-state index in [1.165, 1.54) is 70.6 Å². The topological polar surface area (TPSA) is 18.5 Å². The lowest BCUT2D eigenvalue weighted by atomic mass is 10.1. The van der Waals surface area contributed by atoms with Crippen LogP contribution in [0.25, 0.3) is 0 Å². The lowest BCUT2D eigenvalue weighted by molar-refractivity contribution is 0.0583. The molecule has 2 nitrogen and oxygen atoms in total. The summed E-state index contributed by atoms with van der Waals surface area (Å²) in [6.45, 7) is 4.80. The van der Waals surface area contributed by atoms with E-state index in [2.05, 4.69) is 12.8 Å². The quantitative estimate of drug-likeness (QED) is 0.294. The fourth-order valence-corrected chi connectivity index (χ4v) is 2.22. The van der Waals surface area contributed by atoms with Crippen LogP contribution in [-0.2, 0) is 9.47 Å². The smallest absolute Gasteiger partial charge is 0.107 e. The summed E-state index contributed by atoms with van der Waals surface area (Å²) in [6.07, 6.45) is 20.2. The highest BCUT2D eigenvalue weighted by atomic mass is 16.5. The molecule has 0 radical (unpaired) electrons. The van der Waals surface area contributed by atoms with Gasteiger partial charge in [-0.3, -0.25) is 0 Å². The molecule has 20 heavy (non-hydrogen) atoms. The largest absolute Gasteiger partial charge is 0.379 e. The highest BCUT2D eigenvalue weighted by Crippen LogP contribution is 2.11. The zero-order chi connectivity index (χ0) is 14.7. The van der Waals surface area contributed by atoms with E-state index in [-0.39, 0.29) is 0 Å². The Bertz CT molecular complexity index is 208. The van der Waals surface area contributed by atoms with Gasteiger partial charge >= 0.3 is 0 Å². The zero-order valence-electron chi connectivity index (χ0n) is 13.5. The third-order valence-electron chi connectivity index (χ3n) is 3.45. The van der Waals surface area contributed by atoms with Gasteiger partial charge in [-0.1, -0.05) is 77.1 Å². The van der Waals surface area contributed by atoms with Gasteiger partial charge in [-0.25, -0.2) is 0 Å². The summed E-state index contributed by atoms with van der Waals surface area (Å²) in [4.78, 5) is 0. The molecule has 0 rings (SSSR count). The molecule has 0 aliphatic carbocycles. The molecule has 0 aliphatic heterocycles. The van der Waals surface area contributed by atoms with Crippen LogP contribution in [0, 0.1) is 12.3 Å². The minimum atomic E-state index is 0.391. The third-order valence-corrected chi connectivity index (χ3v) is 3.45. The van der Waals surface area contributed by atoms with Gasteiger partial charge in [-0.15, -0.1) is 6.42 Å². The van der Waals surface area contributed by atoms with Crippen LogP contribution in [-0.4, -0.2) is 26.4 Å². The summed E-state index contributed by atoms with van der Waals surface area (Å²) >= 11 is 0. The van der Waals surface area contributed by atoms with Crippen molar-refractivity contribution >= 4 is 0 Å². The summed E-state index contributed by atoms with van der Waals surface area (Å²) in [5.74, 6) is 2.44. The van der Waals surface area contributed by atoms with Crippen LogP contribution in [0.2, 0.25) is 0 Å². The summed E-state index contributed by atoms with van der Waals surface area (Å²) in [5.41, 5.74) is 0. The Hall–Kier alpha value is -0.520. The van der Waals surface area contributed by atoms with E-state index in [0.717, 1.165) is 6.61 Å². The fourth-order valence-electron chi connectivity index (χ4n) is 2.22. The second-order valence-electron chi connectivity index (χ2n) is 5.40. The molecule has 0 bridgehead atoms. The van der Waals surface area contributed by atoms with Crippen molar-refractivity contribution in [1.29, 1.82) is 0 Å². The van der Waals surface area contributed by atoms with Crippen molar-refractivity contribution in [2.75, 3.05) is 26.4 Å². The van der Waals surface area contributed by atoms with Crippen LogP contribution >= 0.6 is 0 Å². The third kappa shape index (κ3) is 17.5. The molecule has 0 saturated carbocycles. The van der Waals surface area contributed by atoms with Gasteiger partial charge in [0, 0.05) is 6.61 Å². The Labute approximate surface area is 126 Å². The molecule has 0 N–H and O–H groups in total. The summed E-state index contributed by atoms with van der Waals surface area (Å²) < 4.78 is 10.6. The minimum Gasteiger partial charge on any atom is -0.379 e. The van der Waals surface area contributed by atoms with E-state index in [9.17, 15) is 0 Å². The normalized spacial score (nSPS) is 10.6. The second kappa shape index (κ2) is 18.5. The van der Waals surface area contributed by atoms with E-state index in [1.807, 2.05) is 0 Å². The van der Waals surface area contributed by atoms with E-state index in [4.69, 9.17) is 15.9 Å². The van der Waals surface area contributed by atoms with Crippen molar-refractivity contribution in [2.45, 2.75) is 77.6 Å². The lowest BCUT2D eigenvalue weighted by Gasteiger charge is -2.04. The monoisotopic (exact) mass is 282 g/mol. The van der Waals surface area contributed by atoms with Crippen molar-refractivity contribution in [3.05, 3.63) is 0 Å². The fraction of sp³-hybridized carbons (Fsp3) is 0.889. The van der Waals surface area contributed by atoms with Crippen molar-refractivity contribution in [3.8, 4) is 12.3 Å². The molecule has 0 aromatic heterocycles. The standard InChI is InChI=1S/C18H34O2/c1-3-5-6-7-8-9-10-11-12-13-14-16-20-18-17-19-15-4-2/h2H,3,5-18H2,1H3. The van der Waals surface area contributed by atoms with Crippen LogP contribution in [0.1, 0.15) is 77.6 Å². The molecule has 0 aliphatic rings.